The summed E-state index contributed by atoms with van der Waals surface area (Å²) in [6.45, 7) is 8.96. The molecule has 0 aromatic carbocycles. The number of rotatable bonds is 1. The maximum absolute atomic E-state index is 4.33. The van der Waals surface area contributed by atoms with Crippen LogP contribution < -0.4 is 0 Å². The largest absolute Gasteiger partial charge is 0.312 e. The lowest BCUT2D eigenvalue weighted by Gasteiger charge is -2.25. The first-order valence-corrected chi connectivity index (χ1v) is 5.90. The number of hydrogen-bond acceptors (Lipinski definition) is 2. The fourth-order valence-electron chi connectivity index (χ4n) is 2.54. The van der Waals surface area contributed by atoms with E-state index in [1.54, 1.807) is 0 Å². The van der Waals surface area contributed by atoms with Crippen LogP contribution in [0.1, 0.15) is 58.7 Å². The molecule has 1 saturated carbocycles. The Hall–Kier alpha value is -0.860. The van der Waals surface area contributed by atoms with Crippen LogP contribution in [0.4, 0.5) is 0 Å². The summed E-state index contributed by atoms with van der Waals surface area (Å²) in [6.07, 6.45) is 5.82. The second-order valence-electron chi connectivity index (χ2n) is 5.74. The van der Waals surface area contributed by atoms with E-state index in [-0.39, 0.29) is 5.54 Å². The molecule has 0 aliphatic heterocycles. The second kappa shape index (κ2) is 3.62. The van der Waals surface area contributed by atoms with Crippen LogP contribution in [0, 0.1) is 5.92 Å². The van der Waals surface area contributed by atoms with Gasteiger partial charge in [-0.3, -0.25) is 0 Å². The standard InChI is InChI=1S/C12H21N3/c1-9-6-5-7-10(9)11-14-13-8-15(11)12(2,3)4/h8-10H,5-7H2,1-4H3. The lowest BCUT2D eigenvalue weighted by molar-refractivity contribution is 0.359. The highest BCUT2D eigenvalue weighted by atomic mass is 15.3. The Morgan fingerprint density at radius 3 is 2.60 bits per heavy atom. The molecule has 0 saturated heterocycles. The molecule has 2 atom stereocenters. The predicted molar refractivity (Wildman–Crippen MR) is 60.8 cm³/mol. The van der Waals surface area contributed by atoms with Gasteiger partial charge < -0.3 is 4.57 Å². The predicted octanol–water partition coefficient (Wildman–Crippen LogP) is 2.94. The monoisotopic (exact) mass is 207 g/mol. The van der Waals surface area contributed by atoms with Gasteiger partial charge in [-0.05, 0) is 39.5 Å². The normalized spacial score (nSPS) is 27.2. The van der Waals surface area contributed by atoms with Crippen molar-refractivity contribution in [3.05, 3.63) is 12.2 Å². The molecule has 1 aromatic rings. The Labute approximate surface area is 91.9 Å². The highest BCUT2D eigenvalue weighted by Crippen LogP contribution is 2.39. The maximum Gasteiger partial charge on any atom is 0.136 e. The molecular weight excluding hydrogens is 186 g/mol. The van der Waals surface area contributed by atoms with Crippen LogP contribution in [0.5, 0.6) is 0 Å². The molecule has 2 rings (SSSR count). The highest BCUT2D eigenvalue weighted by molar-refractivity contribution is 5.04. The Balaban J connectivity index is 2.32. The fraction of sp³-hybridized carbons (Fsp3) is 0.833. The zero-order valence-corrected chi connectivity index (χ0v) is 10.2. The van der Waals surface area contributed by atoms with Gasteiger partial charge in [-0.25, -0.2) is 0 Å². The summed E-state index contributed by atoms with van der Waals surface area (Å²) in [5.41, 5.74) is 0.0984. The molecule has 15 heavy (non-hydrogen) atoms. The van der Waals surface area contributed by atoms with Crippen molar-refractivity contribution < 1.29 is 0 Å². The van der Waals surface area contributed by atoms with Crippen molar-refractivity contribution >= 4 is 0 Å². The molecule has 3 nitrogen and oxygen atoms in total. The van der Waals surface area contributed by atoms with Crippen LogP contribution >= 0.6 is 0 Å². The van der Waals surface area contributed by atoms with Crippen molar-refractivity contribution in [3.63, 3.8) is 0 Å². The molecule has 0 amide bonds. The average Bonchev–Trinajstić information content (AvgIpc) is 2.69. The van der Waals surface area contributed by atoms with Gasteiger partial charge in [0.15, 0.2) is 0 Å². The minimum Gasteiger partial charge on any atom is -0.312 e. The number of hydrogen-bond donors (Lipinski definition) is 0. The van der Waals surface area contributed by atoms with Crippen molar-refractivity contribution in [2.45, 2.75) is 58.4 Å². The summed E-state index contributed by atoms with van der Waals surface area (Å²) in [5, 5.41) is 8.41. The van der Waals surface area contributed by atoms with E-state index in [2.05, 4.69) is 42.5 Å². The Bertz CT molecular complexity index is 335. The Morgan fingerprint density at radius 1 is 1.33 bits per heavy atom. The summed E-state index contributed by atoms with van der Waals surface area (Å²) in [5.74, 6) is 2.56. The lowest BCUT2D eigenvalue weighted by Crippen LogP contribution is -2.25. The molecule has 1 aliphatic rings. The topological polar surface area (TPSA) is 30.7 Å². The highest BCUT2D eigenvalue weighted by Gasteiger charge is 2.31. The Kier molecular flexibility index (Phi) is 2.57. The third kappa shape index (κ3) is 1.92. The van der Waals surface area contributed by atoms with Crippen LogP contribution in [0.2, 0.25) is 0 Å². The van der Waals surface area contributed by atoms with Gasteiger partial charge in [-0.15, -0.1) is 10.2 Å². The molecule has 0 N–H and O–H groups in total. The van der Waals surface area contributed by atoms with Crippen LogP contribution in [-0.4, -0.2) is 14.8 Å². The number of nitrogens with zero attached hydrogens (tertiary/aromatic N) is 3. The van der Waals surface area contributed by atoms with Crippen LogP contribution in [-0.2, 0) is 5.54 Å². The molecule has 0 spiro atoms. The quantitative estimate of drug-likeness (QED) is 0.709. The van der Waals surface area contributed by atoms with Crippen molar-refractivity contribution in [2.75, 3.05) is 0 Å². The van der Waals surface area contributed by atoms with E-state index in [0.29, 0.717) is 5.92 Å². The molecule has 2 unspecified atom stereocenters. The molecule has 1 heterocycles. The van der Waals surface area contributed by atoms with Crippen LogP contribution in [0.25, 0.3) is 0 Å². The van der Waals surface area contributed by atoms with E-state index in [9.17, 15) is 0 Å². The molecule has 0 radical (unpaired) electrons. The van der Waals surface area contributed by atoms with E-state index < -0.39 is 0 Å². The minimum absolute atomic E-state index is 0.0984. The first-order chi connectivity index (χ1) is 7.00. The molecular formula is C12H21N3. The molecule has 3 heteroatoms. The van der Waals surface area contributed by atoms with Gasteiger partial charge in [-0.1, -0.05) is 13.3 Å². The summed E-state index contributed by atoms with van der Waals surface area (Å²) in [6, 6.07) is 0. The smallest absolute Gasteiger partial charge is 0.136 e. The maximum atomic E-state index is 4.33. The van der Waals surface area contributed by atoms with E-state index in [1.165, 1.54) is 25.1 Å². The van der Waals surface area contributed by atoms with Crippen LogP contribution in [0.3, 0.4) is 0 Å². The van der Waals surface area contributed by atoms with Gasteiger partial charge in [0, 0.05) is 11.5 Å². The second-order valence-corrected chi connectivity index (χ2v) is 5.74. The van der Waals surface area contributed by atoms with Crippen molar-refractivity contribution in [3.8, 4) is 0 Å². The Morgan fingerprint density at radius 2 is 2.07 bits per heavy atom. The van der Waals surface area contributed by atoms with Gasteiger partial charge in [0.05, 0.1) is 0 Å². The van der Waals surface area contributed by atoms with E-state index in [4.69, 9.17) is 0 Å². The SMILES string of the molecule is CC1CCCC1c1nncn1C(C)(C)C. The molecule has 1 aromatic heterocycles. The van der Waals surface area contributed by atoms with Crippen molar-refractivity contribution in [1.29, 1.82) is 0 Å². The first-order valence-electron chi connectivity index (χ1n) is 5.90. The van der Waals surface area contributed by atoms with Gasteiger partial charge in [-0.2, -0.15) is 0 Å². The van der Waals surface area contributed by atoms with Gasteiger partial charge in [0.2, 0.25) is 0 Å². The molecule has 84 valence electrons. The van der Waals surface area contributed by atoms with Crippen LogP contribution in [0.15, 0.2) is 6.33 Å². The summed E-state index contributed by atoms with van der Waals surface area (Å²) in [4.78, 5) is 0. The number of aromatic nitrogens is 3. The summed E-state index contributed by atoms with van der Waals surface area (Å²) in [7, 11) is 0. The molecule has 1 aliphatic carbocycles. The zero-order chi connectivity index (χ0) is 11.1. The first kappa shape index (κ1) is 10.7. The average molecular weight is 207 g/mol. The van der Waals surface area contributed by atoms with E-state index in [0.717, 1.165) is 5.92 Å². The zero-order valence-electron chi connectivity index (χ0n) is 10.2. The van der Waals surface area contributed by atoms with Gasteiger partial charge in [0.25, 0.3) is 0 Å². The third-order valence-electron chi connectivity index (χ3n) is 3.49. The lowest BCUT2D eigenvalue weighted by atomic mass is 9.96. The van der Waals surface area contributed by atoms with Gasteiger partial charge in [0.1, 0.15) is 12.2 Å². The van der Waals surface area contributed by atoms with E-state index >= 15 is 0 Å². The summed E-state index contributed by atoms with van der Waals surface area (Å²) >= 11 is 0. The minimum atomic E-state index is 0.0984. The van der Waals surface area contributed by atoms with Gasteiger partial charge >= 0.3 is 0 Å². The van der Waals surface area contributed by atoms with Crippen molar-refractivity contribution in [1.82, 2.24) is 14.8 Å². The molecule has 1 fully saturated rings. The summed E-state index contributed by atoms with van der Waals surface area (Å²) < 4.78 is 2.24. The third-order valence-corrected chi connectivity index (χ3v) is 3.49. The van der Waals surface area contributed by atoms with E-state index in [1.807, 2.05) is 6.33 Å². The van der Waals surface area contributed by atoms with Crippen molar-refractivity contribution in [2.24, 2.45) is 5.92 Å². The fourth-order valence-corrected chi connectivity index (χ4v) is 2.54. The molecule has 0 bridgehead atoms.